The molecule has 0 atom stereocenters. The normalized spacial score (nSPS) is 26.7. The second-order valence-electron chi connectivity index (χ2n) is 3.89. The number of ether oxygens (including phenoxy) is 1. The Kier molecular flexibility index (Phi) is 3.80. The molecule has 0 aromatic heterocycles. The molecule has 1 rings (SSSR count). The van der Waals surface area contributed by atoms with Gasteiger partial charge in [-0.25, -0.2) is 4.90 Å². The van der Waals surface area contributed by atoms with Gasteiger partial charge in [0.05, 0.1) is 7.11 Å². The van der Waals surface area contributed by atoms with Crippen molar-refractivity contribution < 1.29 is 57.4 Å². The summed E-state index contributed by atoms with van der Waals surface area (Å²) in [6, 6.07) is -16.7. The summed E-state index contributed by atoms with van der Waals surface area (Å²) in [5.41, 5.74) is -3.80. The van der Waals surface area contributed by atoms with Gasteiger partial charge in [0, 0.05) is 0 Å². The number of nitrogens with zero attached hydrogens (tertiary/aromatic N) is 1. The summed E-state index contributed by atoms with van der Waals surface area (Å²) < 4.78 is 157. The molecule has 0 amide bonds. The molecule has 0 bridgehead atoms. The summed E-state index contributed by atoms with van der Waals surface area (Å²) in [4.78, 5) is -3.02. The zero-order valence-electron chi connectivity index (χ0n) is 9.89. The molecule has 0 aromatic rings. The summed E-state index contributed by atoms with van der Waals surface area (Å²) >= 11 is 0. The van der Waals surface area contributed by atoms with E-state index in [1.807, 2.05) is 0 Å². The van der Waals surface area contributed by atoms with Crippen LogP contribution in [0, 0.1) is 0 Å². The molecule has 0 radical (unpaired) electrons. The summed E-state index contributed by atoms with van der Waals surface area (Å²) in [5, 5.41) is 0. The van der Waals surface area contributed by atoms with Gasteiger partial charge >= 0.3 is 36.1 Å². The number of methoxy groups -OCH3 is 1. The van der Waals surface area contributed by atoms with E-state index in [2.05, 4.69) is 4.74 Å². The van der Waals surface area contributed by atoms with Gasteiger partial charge < -0.3 is 4.74 Å². The first kappa shape index (κ1) is 18.5. The van der Waals surface area contributed by atoms with Crippen LogP contribution < -0.4 is 0 Å². The molecule has 0 aliphatic carbocycles. The highest BCUT2D eigenvalue weighted by molar-refractivity contribution is 5.23. The van der Waals surface area contributed by atoms with Gasteiger partial charge in [0.25, 0.3) is 0 Å². The third-order valence-electron chi connectivity index (χ3n) is 2.57. The smallest absolute Gasteiger partial charge is 0.437 e. The topological polar surface area (TPSA) is 12.5 Å². The molecule has 2 nitrogen and oxygen atoms in total. The van der Waals surface area contributed by atoms with Gasteiger partial charge in [-0.2, -0.15) is 52.7 Å². The molecule has 1 fully saturated rings. The largest absolute Gasteiger partial charge is 0.473 e. The zero-order chi connectivity index (χ0) is 17.9. The molecule has 130 valence electrons. The van der Waals surface area contributed by atoms with E-state index in [1.165, 1.54) is 0 Å². The average Bonchev–Trinajstić information content (AvgIpc) is 2.37. The van der Waals surface area contributed by atoms with Gasteiger partial charge in [-0.05, 0) is 0 Å². The van der Waals surface area contributed by atoms with E-state index in [-0.39, 0.29) is 7.11 Å². The molecule has 0 spiro atoms. The van der Waals surface area contributed by atoms with Gasteiger partial charge in [0.15, 0.2) is 0 Å². The highest BCUT2D eigenvalue weighted by Crippen LogP contribution is 2.65. The van der Waals surface area contributed by atoms with Crippen LogP contribution >= 0.6 is 0 Å². The fourth-order valence-electron chi connectivity index (χ4n) is 1.54. The Morgan fingerprint density at radius 2 is 1.14 bits per heavy atom. The maximum Gasteiger partial charge on any atom is 0.437 e. The van der Waals surface area contributed by atoms with Crippen molar-refractivity contribution in [2.24, 2.45) is 0 Å². The molecule has 0 N–H and O–H groups in total. The number of hydrogen-bond donors (Lipinski definition) is 0. The Labute approximate surface area is 112 Å². The third-order valence-corrected chi connectivity index (χ3v) is 2.57. The number of hydrogen-bond acceptors (Lipinski definition) is 2. The molecular weight excluding hydrogens is 354 g/mol. The molecule has 22 heavy (non-hydrogen) atoms. The maximum atomic E-state index is 13.1. The Bertz CT molecular complexity index is 466. The zero-order valence-corrected chi connectivity index (χ0v) is 9.89. The van der Waals surface area contributed by atoms with Crippen LogP contribution in [0.4, 0.5) is 52.7 Å². The van der Waals surface area contributed by atoms with Gasteiger partial charge in [-0.1, -0.05) is 0 Å². The lowest BCUT2D eigenvalue weighted by atomic mass is 10.2. The summed E-state index contributed by atoms with van der Waals surface area (Å²) in [6.07, 6.45) is -6.47. The van der Waals surface area contributed by atoms with Crippen LogP contribution in [-0.2, 0) is 4.74 Å². The second-order valence-corrected chi connectivity index (χ2v) is 3.89. The van der Waals surface area contributed by atoms with Crippen molar-refractivity contribution in [3.8, 4) is 0 Å². The molecule has 1 aliphatic rings. The molecule has 0 aromatic carbocycles. The predicted molar refractivity (Wildman–Crippen MR) is 42.8 cm³/mol. The molecule has 0 saturated carbocycles. The van der Waals surface area contributed by atoms with Crippen molar-refractivity contribution in [3.05, 3.63) is 11.7 Å². The molecule has 14 heteroatoms. The minimum atomic E-state index is -6.92. The van der Waals surface area contributed by atoms with Crippen molar-refractivity contribution in [1.82, 2.24) is 4.90 Å². The van der Waals surface area contributed by atoms with Crippen molar-refractivity contribution in [2.45, 2.75) is 30.1 Å². The minimum Gasteiger partial charge on any atom is -0.473 e. The van der Waals surface area contributed by atoms with Crippen LogP contribution in [0.2, 0.25) is 0 Å². The number of allylic oxidation sites excluding steroid dienone is 1. The van der Waals surface area contributed by atoms with Crippen LogP contribution in [0.3, 0.4) is 0 Å². The molecular formula is C8H3F12NO. The van der Waals surface area contributed by atoms with Crippen molar-refractivity contribution in [1.29, 1.82) is 0 Å². The average molecular weight is 357 g/mol. The first-order valence-corrected chi connectivity index (χ1v) is 4.80. The Balaban J connectivity index is 3.78. The lowest BCUT2D eigenvalue weighted by Gasteiger charge is -2.32. The van der Waals surface area contributed by atoms with Gasteiger partial charge in [-0.15, -0.1) is 0 Å². The van der Waals surface area contributed by atoms with E-state index in [0.29, 0.717) is 0 Å². The SMILES string of the molecule is CO/C(F)=C(/N1C(F)(F)C(F)(F)C(F)(F)C1(F)F)C(F)(F)F. The lowest BCUT2D eigenvalue weighted by molar-refractivity contribution is -0.303. The van der Waals surface area contributed by atoms with E-state index < -0.39 is 46.7 Å². The maximum absolute atomic E-state index is 13.1. The summed E-state index contributed by atoms with van der Waals surface area (Å²) in [5.74, 6) is -13.8. The van der Waals surface area contributed by atoms with Gasteiger partial charge in [0.1, 0.15) is 0 Å². The number of alkyl halides is 11. The van der Waals surface area contributed by atoms with Crippen LogP contribution in [0.1, 0.15) is 0 Å². The molecule has 0 unspecified atom stereocenters. The minimum absolute atomic E-state index is 0.0454. The van der Waals surface area contributed by atoms with Gasteiger partial charge in [-0.3, -0.25) is 0 Å². The summed E-state index contributed by atoms with van der Waals surface area (Å²) in [7, 11) is 0.0454. The highest BCUT2D eigenvalue weighted by Gasteiger charge is 2.94. The Hall–Kier alpha value is -1.50. The van der Waals surface area contributed by atoms with E-state index in [1.54, 1.807) is 0 Å². The second kappa shape index (κ2) is 4.50. The quantitative estimate of drug-likeness (QED) is 0.419. The van der Waals surface area contributed by atoms with Crippen LogP contribution in [0.25, 0.3) is 0 Å². The Morgan fingerprint density at radius 3 is 1.36 bits per heavy atom. The van der Waals surface area contributed by atoms with Crippen molar-refractivity contribution in [3.63, 3.8) is 0 Å². The lowest BCUT2D eigenvalue weighted by Crippen LogP contribution is -2.52. The van der Waals surface area contributed by atoms with E-state index >= 15 is 0 Å². The first-order chi connectivity index (χ1) is 9.48. The summed E-state index contributed by atoms with van der Waals surface area (Å²) in [6.45, 7) is 0. The monoisotopic (exact) mass is 357 g/mol. The number of halogens is 12. The van der Waals surface area contributed by atoms with Gasteiger partial charge in [0.2, 0.25) is 5.70 Å². The highest BCUT2D eigenvalue weighted by atomic mass is 19.4. The van der Waals surface area contributed by atoms with Crippen LogP contribution in [-0.4, -0.2) is 42.1 Å². The van der Waals surface area contributed by atoms with E-state index in [9.17, 15) is 52.7 Å². The number of likely N-dealkylation sites (tertiary alicyclic amines) is 1. The molecule has 1 saturated heterocycles. The standard InChI is InChI=1S/C8H3F12NO/c1-22-3(9)2(4(10,11)12)21-7(17,18)5(13,14)6(15,16)8(21,19)20/h1H3/b3-2+. The fraction of sp³-hybridized carbons (Fsp3) is 0.750. The van der Waals surface area contributed by atoms with Crippen LogP contribution in [0.15, 0.2) is 11.7 Å². The fourth-order valence-corrected chi connectivity index (χ4v) is 1.54. The molecule has 1 aliphatic heterocycles. The third kappa shape index (κ3) is 1.98. The molecule has 1 heterocycles. The predicted octanol–water partition coefficient (Wildman–Crippen LogP) is 4.11. The number of rotatable bonds is 2. The first-order valence-electron chi connectivity index (χ1n) is 4.80. The van der Waals surface area contributed by atoms with E-state index in [4.69, 9.17) is 0 Å². The van der Waals surface area contributed by atoms with Crippen LogP contribution in [0.5, 0.6) is 0 Å². The van der Waals surface area contributed by atoms with Crippen molar-refractivity contribution in [2.75, 3.05) is 7.11 Å². The van der Waals surface area contributed by atoms with Crippen molar-refractivity contribution >= 4 is 0 Å². The Morgan fingerprint density at radius 1 is 0.818 bits per heavy atom. The van der Waals surface area contributed by atoms with E-state index in [0.717, 1.165) is 0 Å².